The fourth-order valence-corrected chi connectivity index (χ4v) is 6.10. The molecule has 2 nitrogen and oxygen atoms in total. The van der Waals surface area contributed by atoms with Crippen molar-refractivity contribution in [2.45, 2.75) is 86.6 Å². The molecule has 0 aliphatic heterocycles. The van der Waals surface area contributed by atoms with E-state index < -0.39 is 0 Å². The predicted molar refractivity (Wildman–Crippen MR) is 135 cm³/mol. The molecule has 1 aliphatic carbocycles. The molecule has 4 unspecified atom stereocenters. The topological polar surface area (TPSA) is 17.3 Å². The summed E-state index contributed by atoms with van der Waals surface area (Å²) in [6, 6.07) is 5.12. The van der Waals surface area contributed by atoms with Crippen LogP contribution in [0.2, 0.25) is 0 Å². The van der Waals surface area contributed by atoms with Crippen LogP contribution >= 0.6 is 0 Å². The number of aryl methyl sites for hydroxylation is 2. The first kappa shape index (κ1) is 24.5. The van der Waals surface area contributed by atoms with E-state index in [2.05, 4.69) is 62.9 Å². The predicted octanol–water partition coefficient (Wildman–Crippen LogP) is 7.79. The Morgan fingerprint density at radius 2 is 1.88 bits per heavy atom. The molecule has 0 N–H and O–H groups in total. The fraction of sp³-hybridized carbons (Fsp3) is 0.552. The Bertz CT molecular complexity index is 997. The summed E-state index contributed by atoms with van der Waals surface area (Å²) >= 11 is 0. The first-order valence-corrected chi connectivity index (χ1v) is 12.4. The summed E-state index contributed by atoms with van der Waals surface area (Å²) in [5, 5.41) is 0. The summed E-state index contributed by atoms with van der Waals surface area (Å²) in [5.41, 5.74) is 8.30. The zero-order chi connectivity index (χ0) is 23.6. The number of nitrogens with zero attached hydrogens (tertiary/aromatic N) is 2. The zero-order valence-electron chi connectivity index (χ0n) is 21.1. The van der Waals surface area contributed by atoms with Crippen molar-refractivity contribution in [1.82, 2.24) is 4.57 Å². The Hall–Kier alpha value is -2.16. The summed E-state index contributed by atoms with van der Waals surface area (Å²) in [7, 11) is 0. The smallest absolute Gasteiger partial charge is 0.150 e. The Kier molecular flexibility index (Phi) is 7.79. The van der Waals surface area contributed by atoms with Crippen molar-refractivity contribution >= 4 is 5.71 Å². The van der Waals surface area contributed by atoms with Crippen molar-refractivity contribution in [3.8, 4) is 0 Å². The molecule has 4 atom stereocenters. The van der Waals surface area contributed by atoms with Gasteiger partial charge in [-0.25, -0.2) is 4.39 Å². The third-order valence-corrected chi connectivity index (χ3v) is 7.90. The summed E-state index contributed by atoms with van der Waals surface area (Å²) in [6.07, 6.45) is 8.84. The minimum Gasteiger partial charge on any atom is -0.345 e. The Morgan fingerprint density at radius 3 is 2.50 bits per heavy atom. The van der Waals surface area contributed by atoms with Gasteiger partial charge in [-0.1, -0.05) is 58.4 Å². The average molecular weight is 437 g/mol. The summed E-state index contributed by atoms with van der Waals surface area (Å²) in [6.45, 7) is 19.1. The van der Waals surface area contributed by atoms with E-state index in [0.717, 1.165) is 31.4 Å². The highest BCUT2D eigenvalue weighted by atomic mass is 19.1. The van der Waals surface area contributed by atoms with Gasteiger partial charge in [-0.15, -0.1) is 0 Å². The van der Waals surface area contributed by atoms with E-state index in [0.29, 0.717) is 35.1 Å². The SMILES string of the molecule is C=C/N=C(/C)c1c(F)cn(C2CC(Cc3cc(C)cc(CCC)c3CC)C(C)C2C)c1C. The molecule has 0 bridgehead atoms. The fourth-order valence-electron chi connectivity index (χ4n) is 6.10. The molecule has 2 aromatic rings. The Morgan fingerprint density at radius 1 is 1.19 bits per heavy atom. The van der Waals surface area contributed by atoms with Crippen LogP contribution in [0.15, 0.2) is 36.1 Å². The largest absolute Gasteiger partial charge is 0.345 e. The van der Waals surface area contributed by atoms with Crippen molar-refractivity contribution in [1.29, 1.82) is 0 Å². The van der Waals surface area contributed by atoms with Crippen molar-refractivity contribution in [2.75, 3.05) is 0 Å². The summed E-state index contributed by atoms with van der Waals surface area (Å²) in [5.74, 6) is 1.52. The van der Waals surface area contributed by atoms with Crippen molar-refractivity contribution in [3.05, 3.63) is 70.4 Å². The lowest BCUT2D eigenvalue weighted by molar-refractivity contribution is 0.325. The van der Waals surface area contributed by atoms with Gasteiger partial charge in [-0.3, -0.25) is 4.99 Å². The molecule has 1 fully saturated rings. The molecular weight excluding hydrogens is 395 g/mol. The highest BCUT2D eigenvalue weighted by Crippen LogP contribution is 2.47. The number of hydrogen-bond acceptors (Lipinski definition) is 1. The second-order valence-corrected chi connectivity index (χ2v) is 9.89. The normalized spacial score (nSPS) is 23.7. The van der Waals surface area contributed by atoms with E-state index in [1.54, 1.807) is 11.8 Å². The second kappa shape index (κ2) is 10.2. The average Bonchev–Trinajstić information content (AvgIpc) is 3.18. The van der Waals surface area contributed by atoms with Gasteiger partial charge in [0, 0.05) is 29.8 Å². The van der Waals surface area contributed by atoms with E-state index in [9.17, 15) is 4.39 Å². The minimum absolute atomic E-state index is 0.176. The summed E-state index contributed by atoms with van der Waals surface area (Å²) < 4.78 is 17.1. The lowest BCUT2D eigenvalue weighted by Crippen LogP contribution is -2.16. The van der Waals surface area contributed by atoms with Gasteiger partial charge in [0.15, 0.2) is 0 Å². The van der Waals surface area contributed by atoms with Crippen molar-refractivity contribution in [2.24, 2.45) is 22.7 Å². The van der Waals surface area contributed by atoms with Crippen molar-refractivity contribution < 1.29 is 4.39 Å². The van der Waals surface area contributed by atoms with Crippen LogP contribution in [0.4, 0.5) is 4.39 Å². The number of rotatable bonds is 8. The van der Waals surface area contributed by atoms with E-state index in [1.807, 2.05) is 13.8 Å². The van der Waals surface area contributed by atoms with Gasteiger partial charge in [0.05, 0.1) is 5.56 Å². The first-order chi connectivity index (χ1) is 15.2. The molecular formula is C29H41FN2. The maximum Gasteiger partial charge on any atom is 0.150 e. The Labute approximate surface area is 194 Å². The number of aromatic nitrogens is 1. The van der Waals surface area contributed by atoms with E-state index >= 15 is 0 Å². The standard InChI is InChI=1S/C29H41FN2/c1-9-12-23-13-18(4)14-25(26(23)10-2)15-24-16-28(20(6)19(24)5)32-17-27(30)29(22(32)8)21(7)31-11-3/h11,13-14,17,19-20,24,28H,3,9-10,12,15-16H2,1-2,4-8H3/b31-21-. The van der Waals surface area contributed by atoms with Crippen LogP contribution in [-0.4, -0.2) is 10.3 Å². The summed E-state index contributed by atoms with van der Waals surface area (Å²) in [4.78, 5) is 4.24. The number of benzene rings is 1. The van der Waals surface area contributed by atoms with Crippen LogP contribution in [0.1, 0.15) is 87.0 Å². The van der Waals surface area contributed by atoms with Crippen LogP contribution in [0.5, 0.6) is 0 Å². The van der Waals surface area contributed by atoms with Crippen LogP contribution < -0.4 is 0 Å². The van der Waals surface area contributed by atoms with Gasteiger partial charge < -0.3 is 4.57 Å². The highest BCUT2D eigenvalue weighted by Gasteiger charge is 2.40. The molecule has 0 saturated heterocycles. The van der Waals surface area contributed by atoms with E-state index in [1.165, 1.54) is 29.3 Å². The molecule has 0 amide bonds. The number of aliphatic imine (C=N–C) groups is 1. The van der Waals surface area contributed by atoms with Crippen LogP contribution in [0.25, 0.3) is 0 Å². The molecule has 1 aromatic carbocycles. The van der Waals surface area contributed by atoms with Gasteiger partial charge in [-0.2, -0.15) is 0 Å². The molecule has 174 valence electrons. The third kappa shape index (κ3) is 4.63. The minimum atomic E-state index is -0.176. The van der Waals surface area contributed by atoms with Crippen LogP contribution in [0, 0.1) is 37.4 Å². The second-order valence-electron chi connectivity index (χ2n) is 9.89. The first-order valence-electron chi connectivity index (χ1n) is 12.4. The Balaban J connectivity index is 1.91. The molecule has 0 radical (unpaired) electrons. The number of hydrogen-bond donors (Lipinski definition) is 0. The quantitative estimate of drug-likeness (QED) is 0.376. The molecule has 32 heavy (non-hydrogen) atoms. The van der Waals surface area contributed by atoms with E-state index in [-0.39, 0.29) is 5.82 Å². The van der Waals surface area contributed by atoms with Gasteiger partial charge >= 0.3 is 0 Å². The zero-order valence-corrected chi connectivity index (χ0v) is 21.1. The molecule has 1 heterocycles. The third-order valence-electron chi connectivity index (χ3n) is 7.90. The maximum absolute atomic E-state index is 14.9. The lowest BCUT2D eigenvalue weighted by Gasteiger charge is -2.22. The van der Waals surface area contributed by atoms with Crippen molar-refractivity contribution in [3.63, 3.8) is 0 Å². The van der Waals surface area contributed by atoms with E-state index in [4.69, 9.17) is 0 Å². The lowest BCUT2D eigenvalue weighted by atomic mass is 9.84. The van der Waals surface area contributed by atoms with Gasteiger partial charge in [0.2, 0.25) is 0 Å². The van der Waals surface area contributed by atoms with Gasteiger partial charge in [0.25, 0.3) is 0 Å². The molecule has 3 rings (SSSR count). The highest BCUT2D eigenvalue weighted by molar-refractivity contribution is 6.00. The molecule has 1 saturated carbocycles. The van der Waals surface area contributed by atoms with Gasteiger partial charge in [-0.05, 0) is 80.9 Å². The van der Waals surface area contributed by atoms with Crippen LogP contribution in [0.3, 0.4) is 0 Å². The molecule has 1 aliphatic rings. The molecule has 0 spiro atoms. The molecule has 3 heteroatoms. The number of halogens is 1. The monoisotopic (exact) mass is 436 g/mol. The maximum atomic E-state index is 14.9. The van der Waals surface area contributed by atoms with Gasteiger partial charge in [0.1, 0.15) is 5.82 Å². The molecule has 1 aromatic heterocycles. The van der Waals surface area contributed by atoms with Crippen LogP contribution in [-0.2, 0) is 19.3 Å².